The summed E-state index contributed by atoms with van der Waals surface area (Å²) in [6.45, 7) is 0.923. The third-order valence-corrected chi connectivity index (χ3v) is 4.13. The molecule has 1 aromatic rings. The van der Waals surface area contributed by atoms with Gasteiger partial charge in [-0.2, -0.15) is 0 Å². The Balaban J connectivity index is 0.00000162. The average molecular weight is 292 g/mol. The van der Waals surface area contributed by atoms with Gasteiger partial charge in [-0.3, -0.25) is 14.3 Å². The molecule has 6 nitrogen and oxygen atoms in total. The quantitative estimate of drug-likeness (QED) is 0.667. The molecule has 0 radical (unpaired) electrons. The molecule has 1 N–H and O–H groups in total. The Morgan fingerprint density at radius 1 is 1.61 bits per heavy atom. The number of halogens is 1. The van der Waals surface area contributed by atoms with E-state index >= 15 is 0 Å². The molecule has 100 valence electrons. The van der Waals surface area contributed by atoms with Crippen LogP contribution in [0.5, 0.6) is 0 Å². The molecular weight excluding hydrogens is 278 g/mol. The third kappa shape index (κ3) is 3.47. The minimum Gasteiger partial charge on any atom is -0.313 e. The van der Waals surface area contributed by atoms with Crippen LogP contribution in [0.4, 0.5) is 5.69 Å². The molecule has 0 aliphatic carbocycles. The predicted octanol–water partition coefficient (Wildman–Crippen LogP) is 1.27. The molecule has 8 heteroatoms. The second-order valence-electron chi connectivity index (χ2n) is 3.89. The second kappa shape index (κ2) is 6.77. The van der Waals surface area contributed by atoms with Gasteiger partial charge in [-0.15, -0.1) is 12.4 Å². The van der Waals surface area contributed by atoms with Crippen molar-refractivity contribution in [2.45, 2.75) is 23.9 Å². The highest BCUT2D eigenvalue weighted by atomic mass is 35.5. The predicted molar refractivity (Wildman–Crippen MR) is 70.4 cm³/mol. The summed E-state index contributed by atoms with van der Waals surface area (Å²) in [6.07, 6.45) is 3.46. The van der Waals surface area contributed by atoms with E-state index < -0.39 is 15.7 Å². The fourth-order valence-corrected chi connectivity index (χ4v) is 3.22. The van der Waals surface area contributed by atoms with E-state index in [9.17, 15) is 14.3 Å². The number of nitrogens with one attached hydrogen (secondary N) is 1. The van der Waals surface area contributed by atoms with E-state index in [1.54, 1.807) is 0 Å². The summed E-state index contributed by atoms with van der Waals surface area (Å²) in [7, 11) is -1.42. The van der Waals surface area contributed by atoms with Gasteiger partial charge in [0.1, 0.15) is 0 Å². The largest absolute Gasteiger partial charge is 0.313 e. The summed E-state index contributed by atoms with van der Waals surface area (Å²) < 4.78 is 12.0. The first-order valence-electron chi connectivity index (χ1n) is 5.39. The molecule has 0 saturated carbocycles. The van der Waals surface area contributed by atoms with Crippen LogP contribution >= 0.6 is 12.4 Å². The molecule has 2 rings (SSSR count). The van der Waals surface area contributed by atoms with Crippen LogP contribution in [0.3, 0.4) is 0 Å². The lowest BCUT2D eigenvalue weighted by atomic mass is 10.3. The van der Waals surface area contributed by atoms with Gasteiger partial charge in [-0.25, -0.2) is 4.98 Å². The Morgan fingerprint density at radius 2 is 2.39 bits per heavy atom. The van der Waals surface area contributed by atoms with E-state index in [0.29, 0.717) is 5.75 Å². The van der Waals surface area contributed by atoms with Crippen LogP contribution in [0, 0.1) is 10.1 Å². The van der Waals surface area contributed by atoms with Crippen molar-refractivity contribution in [3.63, 3.8) is 0 Å². The Morgan fingerprint density at radius 3 is 3.00 bits per heavy atom. The van der Waals surface area contributed by atoms with Gasteiger partial charge in [0.2, 0.25) is 5.03 Å². The monoisotopic (exact) mass is 291 g/mol. The maximum Gasteiger partial charge on any atom is 0.303 e. The van der Waals surface area contributed by atoms with Crippen LogP contribution in [-0.2, 0) is 10.8 Å². The maximum atomic E-state index is 12.0. The van der Waals surface area contributed by atoms with Gasteiger partial charge >= 0.3 is 5.69 Å². The van der Waals surface area contributed by atoms with Gasteiger partial charge in [0.05, 0.1) is 15.7 Å². The lowest BCUT2D eigenvalue weighted by molar-refractivity contribution is -0.388. The summed E-state index contributed by atoms with van der Waals surface area (Å²) in [6, 6.07) is 2.99. The fourth-order valence-electron chi connectivity index (χ4n) is 1.86. The zero-order chi connectivity index (χ0) is 12.3. The van der Waals surface area contributed by atoms with Gasteiger partial charge in [0.15, 0.2) is 0 Å². The lowest BCUT2D eigenvalue weighted by Gasteiger charge is -2.08. The third-order valence-electron chi connectivity index (χ3n) is 2.68. The summed E-state index contributed by atoms with van der Waals surface area (Å²) in [5.41, 5.74) is -0.163. The lowest BCUT2D eigenvalue weighted by Crippen LogP contribution is -2.28. The summed E-state index contributed by atoms with van der Waals surface area (Å²) in [5.74, 6) is 0.387. The van der Waals surface area contributed by atoms with Gasteiger partial charge < -0.3 is 5.32 Å². The normalized spacial score (nSPS) is 20.1. The smallest absolute Gasteiger partial charge is 0.303 e. The molecule has 2 atom stereocenters. The van der Waals surface area contributed by atoms with Gasteiger partial charge in [0.25, 0.3) is 0 Å². The van der Waals surface area contributed by atoms with E-state index in [1.807, 2.05) is 0 Å². The number of aromatic nitrogens is 1. The minimum absolute atomic E-state index is 0. The van der Waals surface area contributed by atoms with Crippen LogP contribution in [0.25, 0.3) is 0 Å². The van der Waals surface area contributed by atoms with Gasteiger partial charge in [-0.1, -0.05) is 0 Å². The molecular formula is C10H14ClN3O3S. The first-order valence-corrected chi connectivity index (χ1v) is 6.71. The van der Waals surface area contributed by atoms with Crippen LogP contribution in [0.2, 0.25) is 0 Å². The summed E-state index contributed by atoms with van der Waals surface area (Å²) in [5, 5.41) is 14.1. The SMILES string of the molecule is Cl.O=[N+]([O-])c1cccnc1S(=O)CC1CCCN1. The van der Waals surface area contributed by atoms with Crippen LogP contribution < -0.4 is 5.32 Å². The van der Waals surface area contributed by atoms with Crippen molar-refractivity contribution < 1.29 is 9.13 Å². The molecule has 0 amide bonds. The molecule has 1 aromatic heterocycles. The number of hydrogen-bond donors (Lipinski definition) is 1. The van der Waals surface area contributed by atoms with Gasteiger partial charge in [-0.05, 0) is 25.5 Å². The summed E-state index contributed by atoms with van der Waals surface area (Å²) in [4.78, 5) is 14.1. The van der Waals surface area contributed by atoms with Crippen molar-refractivity contribution in [3.8, 4) is 0 Å². The fraction of sp³-hybridized carbons (Fsp3) is 0.500. The zero-order valence-electron chi connectivity index (χ0n) is 9.57. The molecule has 2 heterocycles. The molecule has 1 aliphatic heterocycles. The van der Waals surface area contributed by atoms with Crippen LogP contribution in [0.1, 0.15) is 12.8 Å². The Labute approximate surface area is 113 Å². The minimum atomic E-state index is -1.42. The number of pyridine rings is 1. The van der Waals surface area contributed by atoms with E-state index in [4.69, 9.17) is 0 Å². The number of rotatable bonds is 4. The van der Waals surface area contributed by atoms with Crippen molar-refractivity contribution in [2.75, 3.05) is 12.3 Å². The molecule has 0 spiro atoms. The van der Waals surface area contributed by atoms with E-state index in [0.717, 1.165) is 19.4 Å². The molecule has 1 fully saturated rings. The first kappa shape index (κ1) is 15.0. The molecule has 2 unspecified atom stereocenters. The van der Waals surface area contributed by atoms with E-state index in [2.05, 4.69) is 10.3 Å². The number of nitro groups is 1. The molecule has 1 saturated heterocycles. The van der Waals surface area contributed by atoms with E-state index in [1.165, 1.54) is 18.3 Å². The highest BCUT2D eigenvalue weighted by Gasteiger charge is 2.24. The summed E-state index contributed by atoms with van der Waals surface area (Å²) >= 11 is 0. The topological polar surface area (TPSA) is 85.1 Å². The second-order valence-corrected chi connectivity index (χ2v) is 5.30. The van der Waals surface area contributed by atoms with E-state index in [-0.39, 0.29) is 29.2 Å². The van der Waals surface area contributed by atoms with Gasteiger partial charge in [0, 0.05) is 24.1 Å². The standard InChI is InChI=1S/C10H13N3O3S.ClH/c14-13(15)9-4-2-6-12-10(9)17(16)7-8-3-1-5-11-8;/h2,4,6,8,11H,1,3,5,7H2;1H. The molecule has 0 aromatic carbocycles. The maximum absolute atomic E-state index is 12.0. The van der Waals surface area contributed by atoms with Crippen molar-refractivity contribution in [2.24, 2.45) is 0 Å². The zero-order valence-corrected chi connectivity index (χ0v) is 11.2. The van der Waals surface area contributed by atoms with Crippen LogP contribution in [0.15, 0.2) is 23.4 Å². The highest BCUT2D eigenvalue weighted by Crippen LogP contribution is 2.20. The molecule has 1 aliphatic rings. The van der Waals surface area contributed by atoms with Crippen molar-refractivity contribution in [1.82, 2.24) is 10.3 Å². The highest BCUT2D eigenvalue weighted by molar-refractivity contribution is 7.85. The Hall–Kier alpha value is -1.05. The van der Waals surface area contributed by atoms with Crippen molar-refractivity contribution in [3.05, 3.63) is 28.4 Å². The molecule has 18 heavy (non-hydrogen) atoms. The Kier molecular flexibility index (Phi) is 5.64. The van der Waals surface area contributed by atoms with Crippen molar-refractivity contribution in [1.29, 1.82) is 0 Å². The Bertz CT molecular complexity index is 452. The number of hydrogen-bond acceptors (Lipinski definition) is 5. The van der Waals surface area contributed by atoms with Crippen LogP contribution in [-0.4, -0.2) is 32.5 Å². The molecule has 0 bridgehead atoms. The number of nitrogens with zero attached hydrogens (tertiary/aromatic N) is 2. The average Bonchev–Trinajstić information content (AvgIpc) is 2.81. The first-order chi connectivity index (χ1) is 8.18. The van der Waals surface area contributed by atoms with Crippen molar-refractivity contribution >= 4 is 28.9 Å².